The summed E-state index contributed by atoms with van der Waals surface area (Å²) in [6.07, 6.45) is 2.00. The van der Waals surface area contributed by atoms with E-state index in [4.69, 9.17) is 0 Å². The lowest BCUT2D eigenvalue weighted by molar-refractivity contribution is 0.673. The Morgan fingerprint density at radius 3 is 2.25 bits per heavy atom. The second kappa shape index (κ2) is 5.92. The highest BCUT2D eigenvalue weighted by molar-refractivity contribution is 7.98. The van der Waals surface area contributed by atoms with Gasteiger partial charge in [0.25, 0.3) is 0 Å². The number of aromatic nitrogens is 3. The molecule has 0 aliphatic carbocycles. The molecule has 0 saturated carbocycles. The molecular formula is C16H15N3S. The van der Waals surface area contributed by atoms with Gasteiger partial charge in [-0.2, -0.15) is 0 Å². The quantitative estimate of drug-likeness (QED) is 0.683. The molecular weight excluding hydrogens is 266 g/mol. The lowest BCUT2D eigenvalue weighted by Crippen LogP contribution is -2.04. The Kier molecular flexibility index (Phi) is 3.83. The van der Waals surface area contributed by atoms with Gasteiger partial charge in [0.1, 0.15) is 0 Å². The summed E-state index contributed by atoms with van der Waals surface area (Å²) in [5.41, 5.74) is 2.32. The van der Waals surface area contributed by atoms with Crippen LogP contribution in [0.1, 0.15) is 5.56 Å². The minimum absolute atomic E-state index is 0.735. The first-order chi connectivity index (χ1) is 9.86. The summed E-state index contributed by atoms with van der Waals surface area (Å²) in [4.78, 5) is 4.61. The molecule has 0 N–H and O–H groups in total. The number of rotatable bonds is 4. The first-order valence-electron chi connectivity index (χ1n) is 6.45. The van der Waals surface area contributed by atoms with Gasteiger partial charge in [-0.15, -0.1) is 5.10 Å². The first kappa shape index (κ1) is 12.9. The highest BCUT2D eigenvalue weighted by atomic mass is 32.2. The summed E-state index contributed by atoms with van der Waals surface area (Å²) in [7, 11) is 0. The van der Waals surface area contributed by atoms with Crippen molar-refractivity contribution in [1.29, 1.82) is 0 Å². The van der Waals surface area contributed by atoms with Crippen LogP contribution in [0, 0.1) is 0 Å². The summed E-state index contributed by atoms with van der Waals surface area (Å²) < 4.78 is 1.97. The van der Waals surface area contributed by atoms with Crippen molar-refractivity contribution in [3.63, 3.8) is 0 Å². The molecule has 0 fully saturated rings. The Morgan fingerprint density at radius 2 is 1.60 bits per heavy atom. The summed E-state index contributed by atoms with van der Waals surface area (Å²) >= 11 is 1.57. The van der Waals surface area contributed by atoms with Crippen molar-refractivity contribution in [2.24, 2.45) is 0 Å². The smallest absolute Gasteiger partial charge is 0.208 e. The molecule has 3 nitrogen and oxygen atoms in total. The Morgan fingerprint density at radius 1 is 0.950 bits per heavy atom. The molecule has 4 heteroatoms. The predicted molar refractivity (Wildman–Crippen MR) is 82.8 cm³/mol. The van der Waals surface area contributed by atoms with Crippen LogP contribution >= 0.6 is 11.8 Å². The van der Waals surface area contributed by atoms with E-state index in [0.717, 1.165) is 23.1 Å². The molecule has 100 valence electrons. The molecule has 3 aromatic rings. The molecule has 0 unspecified atom stereocenters. The van der Waals surface area contributed by atoms with Crippen LogP contribution in [-0.2, 0) is 6.54 Å². The third-order valence-electron chi connectivity index (χ3n) is 3.04. The van der Waals surface area contributed by atoms with Crippen molar-refractivity contribution < 1.29 is 0 Å². The molecule has 3 rings (SSSR count). The van der Waals surface area contributed by atoms with Gasteiger partial charge in [-0.05, 0) is 11.8 Å². The standard InChI is InChI=1S/C16H15N3S/c1-20-16-17-15(14-10-6-3-7-11-14)19(18-16)12-13-8-4-2-5-9-13/h2-11H,12H2,1H3. The van der Waals surface area contributed by atoms with E-state index in [0.29, 0.717) is 0 Å². The van der Waals surface area contributed by atoms with Crippen LogP contribution in [0.2, 0.25) is 0 Å². The molecule has 20 heavy (non-hydrogen) atoms. The zero-order valence-corrected chi connectivity index (χ0v) is 12.0. The van der Waals surface area contributed by atoms with Crippen LogP contribution in [0.25, 0.3) is 11.4 Å². The van der Waals surface area contributed by atoms with Crippen LogP contribution in [0.3, 0.4) is 0 Å². The zero-order chi connectivity index (χ0) is 13.8. The van der Waals surface area contributed by atoms with Gasteiger partial charge in [-0.25, -0.2) is 9.67 Å². The van der Waals surface area contributed by atoms with E-state index in [9.17, 15) is 0 Å². The van der Waals surface area contributed by atoms with Gasteiger partial charge in [-0.3, -0.25) is 0 Å². The Hall–Kier alpha value is -2.07. The normalized spacial score (nSPS) is 10.7. The van der Waals surface area contributed by atoms with Crippen molar-refractivity contribution in [1.82, 2.24) is 14.8 Å². The second-order valence-electron chi connectivity index (χ2n) is 4.43. The molecule has 0 spiro atoms. The maximum Gasteiger partial charge on any atom is 0.208 e. The average Bonchev–Trinajstić information content (AvgIpc) is 2.92. The van der Waals surface area contributed by atoms with Crippen LogP contribution in [0.15, 0.2) is 65.8 Å². The largest absolute Gasteiger partial charge is 0.240 e. The zero-order valence-electron chi connectivity index (χ0n) is 11.2. The average molecular weight is 281 g/mol. The molecule has 0 bridgehead atoms. The lowest BCUT2D eigenvalue weighted by atomic mass is 10.2. The van der Waals surface area contributed by atoms with Gasteiger partial charge >= 0.3 is 0 Å². The Bertz CT molecular complexity index is 677. The molecule has 0 aliphatic heterocycles. The third-order valence-corrected chi connectivity index (χ3v) is 3.58. The fraction of sp³-hybridized carbons (Fsp3) is 0.125. The van der Waals surface area contributed by atoms with Crippen LogP contribution in [0.4, 0.5) is 0 Å². The molecule has 1 heterocycles. The van der Waals surface area contributed by atoms with E-state index in [2.05, 4.69) is 34.3 Å². The second-order valence-corrected chi connectivity index (χ2v) is 5.20. The van der Waals surface area contributed by atoms with Gasteiger partial charge in [-0.1, -0.05) is 72.4 Å². The molecule has 2 aromatic carbocycles. The van der Waals surface area contributed by atoms with Crippen LogP contribution < -0.4 is 0 Å². The van der Waals surface area contributed by atoms with Crippen molar-refractivity contribution in [3.8, 4) is 11.4 Å². The summed E-state index contributed by atoms with van der Waals surface area (Å²) in [5, 5.41) is 5.37. The molecule has 0 aliphatic rings. The topological polar surface area (TPSA) is 30.7 Å². The van der Waals surface area contributed by atoms with Crippen molar-refractivity contribution in [2.45, 2.75) is 11.7 Å². The molecule has 0 saturated heterocycles. The van der Waals surface area contributed by atoms with Crippen LogP contribution in [0.5, 0.6) is 0 Å². The van der Waals surface area contributed by atoms with Gasteiger partial charge in [0.05, 0.1) is 6.54 Å². The minimum Gasteiger partial charge on any atom is -0.240 e. The molecule has 1 aromatic heterocycles. The van der Waals surface area contributed by atoms with Crippen molar-refractivity contribution >= 4 is 11.8 Å². The maximum atomic E-state index is 4.61. The van der Waals surface area contributed by atoms with E-state index >= 15 is 0 Å². The number of benzene rings is 2. The molecule has 0 radical (unpaired) electrons. The SMILES string of the molecule is CSc1nc(-c2ccccc2)n(Cc2ccccc2)n1. The van der Waals surface area contributed by atoms with E-state index in [1.807, 2.05) is 47.3 Å². The van der Waals surface area contributed by atoms with Crippen molar-refractivity contribution in [3.05, 3.63) is 66.2 Å². The molecule has 0 amide bonds. The fourth-order valence-electron chi connectivity index (χ4n) is 2.08. The first-order valence-corrected chi connectivity index (χ1v) is 7.67. The van der Waals surface area contributed by atoms with Crippen molar-refractivity contribution in [2.75, 3.05) is 6.26 Å². The van der Waals surface area contributed by atoms with Gasteiger partial charge < -0.3 is 0 Å². The van der Waals surface area contributed by atoms with Gasteiger partial charge in [0.15, 0.2) is 5.82 Å². The molecule has 0 atom stereocenters. The van der Waals surface area contributed by atoms with Crippen LogP contribution in [-0.4, -0.2) is 21.0 Å². The Balaban J connectivity index is 2.00. The number of thioether (sulfide) groups is 1. The van der Waals surface area contributed by atoms with E-state index in [-0.39, 0.29) is 0 Å². The highest BCUT2D eigenvalue weighted by Crippen LogP contribution is 2.21. The third kappa shape index (κ3) is 2.75. The maximum absolute atomic E-state index is 4.61. The summed E-state index contributed by atoms with van der Waals surface area (Å²) in [6, 6.07) is 20.5. The summed E-state index contributed by atoms with van der Waals surface area (Å²) in [6.45, 7) is 0.735. The van der Waals surface area contributed by atoms with E-state index in [1.165, 1.54) is 5.56 Å². The number of hydrogen-bond donors (Lipinski definition) is 0. The Labute approximate surface area is 122 Å². The van der Waals surface area contributed by atoms with E-state index in [1.54, 1.807) is 11.8 Å². The minimum atomic E-state index is 0.735. The highest BCUT2D eigenvalue weighted by Gasteiger charge is 2.11. The van der Waals surface area contributed by atoms with E-state index < -0.39 is 0 Å². The number of nitrogens with zero attached hydrogens (tertiary/aromatic N) is 3. The lowest BCUT2D eigenvalue weighted by Gasteiger charge is -2.05. The predicted octanol–water partition coefficient (Wildman–Crippen LogP) is 3.72. The summed E-state index contributed by atoms with van der Waals surface area (Å²) in [5.74, 6) is 0.916. The monoisotopic (exact) mass is 281 g/mol. The fourth-order valence-corrected chi connectivity index (χ4v) is 2.43. The van der Waals surface area contributed by atoms with Gasteiger partial charge in [0, 0.05) is 5.56 Å². The number of hydrogen-bond acceptors (Lipinski definition) is 3. The van der Waals surface area contributed by atoms with Gasteiger partial charge in [0.2, 0.25) is 5.16 Å².